The number of rotatable bonds is 11. The van der Waals surface area contributed by atoms with Crippen LogP contribution in [0.1, 0.15) is 31.2 Å². The Bertz CT molecular complexity index is 483. The molecule has 2 amide bonds. The van der Waals surface area contributed by atoms with Gasteiger partial charge < -0.3 is 10.6 Å². The van der Waals surface area contributed by atoms with Gasteiger partial charge >= 0.3 is 0 Å². The molecule has 24 heavy (non-hydrogen) atoms. The van der Waals surface area contributed by atoms with E-state index in [4.69, 9.17) is 5.73 Å². The van der Waals surface area contributed by atoms with Crippen LogP contribution >= 0.6 is 12.4 Å². The summed E-state index contributed by atoms with van der Waals surface area (Å²) in [5.41, 5.74) is 9.46. The van der Waals surface area contributed by atoms with Crippen LogP contribution in [0.25, 0.3) is 0 Å². The van der Waals surface area contributed by atoms with E-state index in [1.807, 2.05) is 49.3 Å². The van der Waals surface area contributed by atoms with Gasteiger partial charge in [-0.3, -0.25) is 14.6 Å². The lowest BCUT2D eigenvalue weighted by molar-refractivity contribution is -0.135. The molecule has 0 aromatic heterocycles. The lowest BCUT2D eigenvalue weighted by Crippen LogP contribution is -2.46. The van der Waals surface area contributed by atoms with Crippen molar-refractivity contribution in [3.05, 3.63) is 35.9 Å². The zero-order chi connectivity index (χ0) is 17.1. The number of nitrogens with zero attached hydrogens (tertiary/aromatic N) is 2. The molecule has 0 radical (unpaired) electrons. The van der Waals surface area contributed by atoms with Crippen LogP contribution in [0.15, 0.2) is 30.3 Å². The monoisotopic (exact) mass is 356 g/mol. The summed E-state index contributed by atoms with van der Waals surface area (Å²) >= 11 is 0. The second kappa shape index (κ2) is 12.8. The molecule has 0 heterocycles. The number of hydrazine groups is 1. The molecule has 0 bridgehead atoms. The molecule has 0 atom stereocenters. The summed E-state index contributed by atoms with van der Waals surface area (Å²) in [5.74, 6) is -0.228. The number of hydrogen-bond acceptors (Lipinski definition) is 4. The van der Waals surface area contributed by atoms with Crippen molar-refractivity contribution in [2.45, 2.75) is 32.2 Å². The fourth-order valence-corrected chi connectivity index (χ4v) is 2.18. The highest BCUT2D eigenvalue weighted by atomic mass is 35.5. The van der Waals surface area contributed by atoms with Crippen LogP contribution in [0.4, 0.5) is 0 Å². The van der Waals surface area contributed by atoms with E-state index >= 15 is 0 Å². The summed E-state index contributed by atoms with van der Waals surface area (Å²) in [6.45, 7) is 1.60. The normalized spacial score (nSPS) is 10.3. The minimum Gasteiger partial charge on any atom is -0.370 e. The van der Waals surface area contributed by atoms with Gasteiger partial charge in [-0.05, 0) is 32.5 Å². The first-order valence-electron chi connectivity index (χ1n) is 8.00. The van der Waals surface area contributed by atoms with E-state index in [2.05, 4.69) is 5.43 Å². The van der Waals surface area contributed by atoms with Crippen LogP contribution in [0.3, 0.4) is 0 Å². The Kier molecular flexibility index (Phi) is 11.9. The molecule has 6 nitrogen and oxygen atoms in total. The number of benzene rings is 1. The molecular weight excluding hydrogens is 328 g/mol. The topological polar surface area (TPSA) is 78.7 Å². The van der Waals surface area contributed by atoms with Crippen molar-refractivity contribution >= 4 is 24.2 Å². The molecular formula is C17H29ClN4O2. The van der Waals surface area contributed by atoms with Gasteiger partial charge in [0.05, 0.1) is 6.54 Å². The van der Waals surface area contributed by atoms with Gasteiger partial charge in [0.15, 0.2) is 0 Å². The van der Waals surface area contributed by atoms with E-state index in [1.54, 1.807) is 5.01 Å². The average Bonchev–Trinajstić information content (AvgIpc) is 2.49. The summed E-state index contributed by atoms with van der Waals surface area (Å²) in [5, 5.41) is 1.68. The molecule has 0 aliphatic carbocycles. The van der Waals surface area contributed by atoms with E-state index in [9.17, 15) is 9.59 Å². The Balaban J connectivity index is 0.00000529. The maximum atomic E-state index is 12.3. The van der Waals surface area contributed by atoms with Crippen LogP contribution in [0, 0.1) is 0 Å². The number of primary amides is 1. The highest BCUT2D eigenvalue weighted by Gasteiger charge is 2.13. The lowest BCUT2D eigenvalue weighted by atomic mass is 10.2. The van der Waals surface area contributed by atoms with Gasteiger partial charge in [-0.2, -0.15) is 0 Å². The molecule has 7 heteroatoms. The summed E-state index contributed by atoms with van der Waals surface area (Å²) in [7, 11) is 3.75. The number of nitrogens with two attached hydrogens (primary N) is 1. The fraction of sp³-hybridized carbons (Fsp3) is 0.529. The Morgan fingerprint density at radius 3 is 2.33 bits per heavy atom. The third-order valence-corrected chi connectivity index (χ3v) is 3.37. The molecule has 3 N–H and O–H groups in total. The first-order valence-corrected chi connectivity index (χ1v) is 8.00. The predicted octanol–water partition coefficient (Wildman–Crippen LogP) is 1.55. The summed E-state index contributed by atoms with van der Waals surface area (Å²) in [6, 6.07) is 9.97. The number of carbonyl (C=O) groups is 2. The van der Waals surface area contributed by atoms with Gasteiger partial charge in [0.1, 0.15) is 0 Å². The van der Waals surface area contributed by atoms with Crippen molar-refractivity contribution in [3.63, 3.8) is 0 Å². The Labute approximate surface area is 150 Å². The van der Waals surface area contributed by atoms with Gasteiger partial charge in [-0.25, -0.2) is 5.43 Å². The number of hydrogen-bond donors (Lipinski definition) is 2. The zero-order valence-corrected chi connectivity index (χ0v) is 15.3. The van der Waals surface area contributed by atoms with Crippen LogP contribution in [-0.2, 0) is 16.1 Å². The lowest BCUT2D eigenvalue weighted by Gasteiger charge is -2.25. The molecule has 0 saturated heterocycles. The predicted molar refractivity (Wildman–Crippen MR) is 98.5 cm³/mol. The van der Waals surface area contributed by atoms with Crippen molar-refractivity contribution in [2.75, 3.05) is 27.2 Å². The minimum absolute atomic E-state index is 0. The van der Waals surface area contributed by atoms with Crippen LogP contribution in [0.2, 0.25) is 0 Å². The molecule has 0 unspecified atom stereocenters. The first kappa shape index (κ1) is 22.4. The number of halogens is 1. The maximum Gasteiger partial charge on any atom is 0.250 e. The van der Waals surface area contributed by atoms with Gasteiger partial charge in [-0.1, -0.05) is 36.8 Å². The number of unbranched alkanes of at least 4 members (excludes halogenated alkanes) is 2. The molecule has 0 aliphatic rings. The Morgan fingerprint density at radius 2 is 1.75 bits per heavy atom. The van der Waals surface area contributed by atoms with E-state index in [-0.39, 0.29) is 24.2 Å². The fourth-order valence-electron chi connectivity index (χ4n) is 2.18. The van der Waals surface area contributed by atoms with Crippen LogP contribution in [-0.4, -0.2) is 48.9 Å². The summed E-state index contributed by atoms with van der Waals surface area (Å²) < 4.78 is 0. The van der Waals surface area contributed by atoms with Gasteiger partial charge in [0.2, 0.25) is 5.91 Å². The quantitative estimate of drug-likeness (QED) is 0.466. The first-order chi connectivity index (χ1) is 11.0. The van der Waals surface area contributed by atoms with E-state index < -0.39 is 0 Å². The Hall–Kier alpha value is -1.63. The van der Waals surface area contributed by atoms with Gasteiger partial charge in [0.25, 0.3) is 5.91 Å². The van der Waals surface area contributed by atoms with Crippen molar-refractivity contribution in [1.29, 1.82) is 0 Å². The maximum absolute atomic E-state index is 12.3. The third kappa shape index (κ3) is 10.2. The number of nitrogens with one attached hydrogen (secondary N) is 1. The van der Waals surface area contributed by atoms with Gasteiger partial charge in [0, 0.05) is 19.5 Å². The second-order valence-electron chi connectivity index (χ2n) is 5.88. The molecule has 0 fully saturated rings. The van der Waals surface area contributed by atoms with Crippen LogP contribution in [0.5, 0.6) is 0 Å². The van der Waals surface area contributed by atoms with E-state index in [1.165, 1.54) is 0 Å². The molecule has 0 saturated carbocycles. The van der Waals surface area contributed by atoms with Gasteiger partial charge in [-0.15, -0.1) is 12.4 Å². The second-order valence-corrected chi connectivity index (χ2v) is 5.88. The molecule has 0 spiro atoms. The van der Waals surface area contributed by atoms with Crippen molar-refractivity contribution in [2.24, 2.45) is 5.73 Å². The minimum atomic E-state index is -0.271. The molecule has 0 aliphatic heterocycles. The van der Waals surface area contributed by atoms with Crippen LogP contribution < -0.4 is 11.2 Å². The van der Waals surface area contributed by atoms with E-state index in [0.717, 1.165) is 24.8 Å². The molecule has 1 rings (SSSR count). The highest BCUT2D eigenvalue weighted by Crippen LogP contribution is 2.03. The summed E-state index contributed by atoms with van der Waals surface area (Å²) in [6.07, 6.45) is 2.89. The van der Waals surface area contributed by atoms with E-state index in [0.29, 0.717) is 26.1 Å². The van der Waals surface area contributed by atoms with Crippen molar-refractivity contribution in [1.82, 2.24) is 15.3 Å². The number of likely N-dealkylation sites (N-methyl/N-ethyl adjacent to an activating group) is 1. The number of carbonyl (C=O) groups excluding carboxylic acids is 2. The highest BCUT2D eigenvalue weighted by molar-refractivity contribution is 5.85. The zero-order valence-electron chi connectivity index (χ0n) is 14.5. The van der Waals surface area contributed by atoms with Crippen molar-refractivity contribution < 1.29 is 9.59 Å². The molecule has 1 aromatic carbocycles. The molecule has 136 valence electrons. The largest absolute Gasteiger partial charge is 0.370 e. The van der Waals surface area contributed by atoms with Crippen molar-refractivity contribution in [3.8, 4) is 0 Å². The SMILES string of the molecule is CN(C)CC(=O)N(CCCCCC(N)=O)NCc1ccccc1.Cl. The molecule has 1 aromatic rings. The third-order valence-electron chi connectivity index (χ3n) is 3.37. The number of amides is 2. The Morgan fingerprint density at radius 1 is 1.08 bits per heavy atom. The standard InChI is InChI=1S/C17H28N4O2.ClH/c1-20(2)14-17(23)21(12-8-4-7-11-16(18)22)19-13-15-9-5-3-6-10-15;/h3,5-6,9-10,19H,4,7-8,11-14H2,1-2H3,(H2,18,22);1H. The smallest absolute Gasteiger partial charge is 0.250 e. The summed E-state index contributed by atoms with van der Waals surface area (Å²) in [4.78, 5) is 24.9. The average molecular weight is 357 g/mol.